The van der Waals surface area contributed by atoms with Gasteiger partial charge in [-0.3, -0.25) is 0 Å². The summed E-state index contributed by atoms with van der Waals surface area (Å²) in [6, 6.07) is 6.96. The molecule has 146 valence electrons. The van der Waals surface area contributed by atoms with Gasteiger partial charge in [0, 0.05) is 12.0 Å². The Bertz CT molecular complexity index is 840. The number of benzene rings is 1. The van der Waals surface area contributed by atoms with Gasteiger partial charge in [-0.15, -0.1) is 0 Å². The quantitative estimate of drug-likeness (QED) is 0.824. The number of ether oxygens (including phenoxy) is 1. The van der Waals surface area contributed by atoms with Crippen LogP contribution in [0.5, 0.6) is 0 Å². The zero-order chi connectivity index (χ0) is 20.0. The van der Waals surface area contributed by atoms with Crippen molar-refractivity contribution in [2.45, 2.75) is 58.0 Å². The topological polar surface area (TPSA) is 63.9 Å². The Balaban J connectivity index is 1.99. The maximum atomic E-state index is 11.1. The van der Waals surface area contributed by atoms with E-state index in [0.717, 1.165) is 17.2 Å². The van der Waals surface area contributed by atoms with Crippen molar-refractivity contribution < 1.29 is 19.6 Å². The Morgan fingerprint density at radius 1 is 1.30 bits per heavy atom. The molecule has 5 nitrogen and oxygen atoms in total. The van der Waals surface area contributed by atoms with E-state index < -0.39 is 5.97 Å². The number of aromatic nitrogens is 1. The first-order chi connectivity index (χ1) is 12.6. The van der Waals surface area contributed by atoms with Crippen LogP contribution in [0.3, 0.4) is 0 Å². The molecule has 6 heteroatoms. The maximum Gasteiger partial charge on any atom is 0.339 e. The summed E-state index contributed by atoms with van der Waals surface area (Å²) in [7, 11) is 2.00. The average Bonchev–Trinajstić information content (AvgIpc) is 3.07. The third-order valence-corrected chi connectivity index (χ3v) is 7.12. The van der Waals surface area contributed by atoms with E-state index >= 15 is 0 Å². The zero-order valence-corrected chi connectivity index (χ0v) is 17.7. The third-order valence-electron chi connectivity index (χ3n) is 5.59. The molecule has 0 amide bonds. The number of H-pyrrole nitrogens is 1. The second kappa shape index (κ2) is 6.91. The van der Waals surface area contributed by atoms with Gasteiger partial charge in [-0.25, -0.2) is 14.7 Å². The molecule has 2 N–H and O–H groups in total. The molecular weight excluding hydrogens is 360 g/mol. The van der Waals surface area contributed by atoms with Crippen LogP contribution in [-0.2, 0) is 15.6 Å². The number of carboxylic acid groups (broad SMARTS) is 1. The molecule has 0 saturated carbocycles. The average molecular weight is 390 g/mol. The van der Waals surface area contributed by atoms with Gasteiger partial charge in [0.25, 0.3) is 0 Å². The van der Waals surface area contributed by atoms with Crippen LogP contribution in [0.2, 0.25) is 0 Å². The molecule has 0 spiro atoms. The van der Waals surface area contributed by atoms with E-state index in [1.54, 1.807) is 23.5 Å². The molecule has 1 aliphatic rings. The lowest BCUT2D eigenvalue weighted by molar-refractivity contribution is -0.382. The molecule has 1 atom stereocenters. The second-order valence-corrected chi connectivity index (χ2v) is 9.40. The maximum absolute atomic E-state index is 11.1. The Labute approximate surface area is 165 Å². The minimum absolute atomic E-state index is 0.0398. The number of carboxylic acids is 1. The van der Waals surface area contributed by atoms with Gasteiger partial charge < -0.3 is 9.84 Å². The van der Waals surface area contributed by atoms with E-state index in [9.17, 15) is 4.79 Å². The molecule has 1 unspecified atom stereocenters. The molecule has 1 aromatic heterocycles. The monoisotopic (exact) mass is 389 g/mol. The van der Waals surface area contributed by atoms with Crippen molar-refractivity contribution in [3.63, 3.8) is 0 Å². The predicted molar refractivity (Wildman–Crippen MR) is 108 cm³/mol. The molecular formula is C21H29N2O3S+. The molecule has 0 radical (unpaired) electrons. The van der Waals surface area contributed by atoms with Crippen molar-refractivity contribution in [2.75, 3.05) is 18.6 Å². The highest BCUT2D eigenvalue weighted by Gasteiger charge is 2.49. The van der Waals surface area contributed by atoms with Crippen LogP contribution >= 0.6 is 11.3 Å². The van der Waals surface area contributed by atoms with E-state index in [1.165, 1.54) is 10.6 Å². The third kappa shape index (κ3) is 3.48. The first-order valence-corrected chi connectivity index (χ1v) is 10.2. The number of carbonyl (C=O) groups is 1. The largest absolute Gasteiger partial charge is 0.478 e. The van der Waals surface area contributed by atoms with E-state index in [1.807, 2.05) is 19.2 Å². The van der Waals surface area contributed by atoms with Gasteiger partial charge in [0.2, 0.25) is 0 Å². The minimum Gasteiger partial charge on any atom is -0.478 e. The van der Waals surface area contributed by atoms with Gasteiger partial charge in [-0.2, -0.15) is 0 Å². The van der Waals surface area contributed by atoms with Gasteiger partial charge in [0.05, 0.1) is 29.0 Å². The Morgan fingerprint density at radius 2 is 1.93 bits per heavy atom. The van der Waals surface area contributed by atoms with Gasteiger partial charge in [-0.05, 0) is 51.5 Å². The number of aromatic amines is 1. The summed E-state index contributed by atoms with van der Waals surface area (Å²) < 4.78 is 6.10. The number of anilines is 2. The molecule has 0 saturated heterocycles. The van der Waals surface area contributed by atoms with Gasteiger partial charge in [-0.1, -0.05) is 25.2 Å². The van der Waals surface area contributed by atoms with E-state index in [0.29, 0.717) is 12.2 Å². The summed E-state index contributed by atoms with van der Waals surface area (Å²) in [5.74, 6) is -0.909. The lowest BCUT2D eigenvalue weighted by Crippen LogP contribution is -2.48. The summed E-state index contributed by atoms with van der Waals surface area (Å²) in [6.45, 7) is 11.8. The van der Waals surface area contributed by atoms with Crippen molar-refractivity contribution in [2.24, 2.45) is 0 Å². The standard InChI is InChI=1S/C21H28N2O3S/c1-7-26-15-12-20(2,3)17-16(21(15,4)5)22-19(27-17)23(6)14-10-8-13(9-11-14)18(24)25/h8-11,15H,7,12H2,1-6H3,(H,24,25)/p+1. The van der Waals surface area contributed by atoms with Crippen LogP contribution in [0.25, 0.3) is 0 Å². The number of nitrogens with zero attached hydrogens (tertiary/aromatic N) is 1. The summed E-state index contributed by atoms with van der Waals surface area (Å²) in [4.78, 5) is 18.2. The molecule has 1 aliphatic carbocycles. The van der Waals surface area contributed by atoms with Crippen molar-refractivity contribution in [3.05, 3.63) is 40.4 Å². The molecule has 3 rings (SSSR count). The smallest absolute Gasteiger partial charge is 0.339 e. The number of hydrogen-bond acceptors (Lipinski definition) is 4. The molecule has 27 heavy (non-hydrogen) atoms. The van der Waals surface area contributed by atoms with Gasteiger partial charge in [0.1, 0.15) is 11.4 Å². The summed E-state index contributed by atoms with van der Waals surface area (Å²) in [5.41, 5.74) is 2.43. The van der Waals surface area contributed by atoms with Crippen LogP contribution in [-0.4, -0.2) is 30.8 Å². The predicted octanol–water partition coefficient (Wildman–Crippen LogP) is 4.39. The fourth-order valence-corrected chi connectivity index (χ4v) is 5.17. The number of hydrogen-bond donors (Lipinski definition) is 1. The molecule has 1 heterocycles. The molecule has 1 aromatic carbocycles. The van der Waals surface area contributed by atoms with Crippen molar-refractivity contribution in [1.82, 2.24) is 0 Å². The van der Waals surface area contributed by atoms with Gasteiger partial charge in [0.15, 0.2) is 0 Å². The second-order valence-electron chi connectivity index (χ2n) is 8.40. The first-order valence-electron chi connectivity index (χ1n) is 9.33. The lowest BCUT2D eigenvalue weighted by Gasteiger charge is -2.42. The highest BCUT2D eigenvalue weighted by Crippen LogP contribution is 2.49. The summed E-state index contributed by atoms with van der Waals surface area (Å²) in [5, 5.41) is 10.1. The Hall–Kier alpha value is -1.92. The SMILES string of the molecule is CCOC1CC(C)(C)c2sc(N(C)c3ccc(C(=O)O)cc3)[nH+]c2C1(C)C. The van der Waals surface area contributed by atoms with Crippen LogP contribution in [0.4, 0.5) is 10.8 Å². The van der Waals surface area contributed by atoms with Crippen molar-refractivity contribution >= 4 is 28.1 Å². The lowest BCUT2D eigenvalue weighted by atomic mass is 9.67. The highest BCUT2D eigenvalue weighted by molar-refractivity contribution is 7.15. The number of rotatable bonds is 5. The van der Waals surface area contributed by atoms with Crippen LogP contribution < -0.4 is 9.88 Å². The number of fused-ring (bicyclic) bond motifs is 1. The number of aromatic carboxylic acids is 1. The zero-order valence-electron chi connectivity index (χ0n) is 16.9. The summed E-state index contributed by atoms with van der Waals surface area (Å²) in [6.07, 6.45) is 1.16. The van der Waals surface area contributed by atoms with E-state index in [-0.39, 0.29) is 16.9 Å². The summed E-state index contributed by atoms with van der Waals surface area (Å²) >= 11 is 1.78. The Morgan fingerprint density at radius 3 is 2.48 bits per heavy atom. The van der Waals surface area contributed by atoms with Crippen LogP contribution in [0, 0.1) is 0 Å². The normalized spacial score (nSPS) is 20.1. The van der Waals surface area contributed by atoms with E-state index in [2.05, 4.69) is 44.5 Å². The van der Waals surface area contributed by atoms with Crippen molar-refractivity contribution in [3.8, 4) is 0 Å². The van der Waals surface area contributed by atoms with E-state index in [4.69, 9.17) is 9.84 Å². The number of thiazole rings is 1. The highest BCUT2D eigenvalue weighted by atomic mass is 32.1. The van der Waals surface area contributed by atoms with Crippen LogP contribution in [0.1, 0.15) is 62.0 Å². The minimum atomic E-state index is -0.909. The first kappa shape index (κ1) is 19.8. The molecule has 2 aromatic rings. The Kier molecular flexibility index (Phi) is 5.08. The van der Waals surface area contributed by atoms with Crippen molar-refractivity contribution in [1.29, 1.82) is 0 Å². The van der Waals surface area contributed by atoms with Gasteiger partial charge >= 0.3 is 11.1 Å². The molecule has 0 aliphatic heterocycles. The molecule has 0 fully saturated rings. The molecule has 0 bridgehead atoms. The fraction of sp³-hybridized carbons (Fsp3) is 0.524. The fourth-order valence-electron chi connectivity index (χ4n) is 3.81. The number of nitrogens with one attached hydrogen (secondary N) is 1. The van der Waals surface area contributed by atoms with Crippen LogP contribution in [0.15, 0.2) is 24.3 Å².